The molecule has 1 aliphatic heterocycles. The van der Waals surface area contributed by atoms with Gasteiger partial charge in [0.05, 0.1) is 0 Å². The maximum Gasteiger partial charge on any atom is 0.205 e. The summed E-state index contributed by atoms with van der Waals surface area (Å²) in [6, 6.07) is 16.5. The molecule has 0 aliphatic carbocycles. The van der Waals surface area contributed by atoms with Crippen molar-refractivity contribution in [2.75, 3.05) is 6.54 Å². The van der Waals surface area contributed by atoms with Crippen LogP contribution in [-0.2, 0) is 6.42 Å². The summed E-state index contributed by atoms with van der Waals surface area (Å²) in [5.41, 5.74) is 3.94. The molecule has 0 N–H and O–H groups in total. The average Bonchev–Trinajstić information content (AvgIpc) is 2.39. The van der Waals surface area contributed by atoms with E-state index in [1.54, 1.807) is 0 Å². The molecule has 1 aliphatic rings. The van der Waals surface area contributed by atoms with E-state index in [1.807, 2.05) is 12.1 Å². The third-order valence-corrected chi connectivity index (χ3v) is 3.38. The zero-order valence-corrected chi connectivity index (χ0v) is 10.2. The standard InChI is InChI=1S/C15H13ClN/c16-14-5-7-15(8-6-14)17-10-9-12-3-1-2-4-13(12)11-17/h1-8,11H,9-10H2/q+1. The number of rotatable bonds is 1. The molecule has 0 saturated heterocycles. The van der Waals surface area contributed by atoms with Gasteiger partial charge in [0.1, 0.15) is 0 Å². The van der Waals surface area contributed by atoms with Crippen molar-refractivity contribution in [1.29, 1.82) is 0 Å². The Bertz CT molecular complexity index is 570. The van der Waals surface area contributed by atoms with Gasteiger partial charge in [-0.25, -0.2) is 0 Å². The molecule has 2 aromatic carbocycles. The number of nitrogens with zero attached hydrogens (tertiary/aromatic N) is 1. The first kappa shape index (κ1) is 10.5. The Morgan fingerprint density at radius 3 is 2.53 bits per heavy atom. The van der Waals surface area contributed by atoms with Gasteiger partial charge in [-0.3, -0.25) is 0 Å². The highest BCUT2D eigenvalue weighted by atomic mass is 35.5. The van der Waals surface area contributed by atoms with Crippen LogP contribution in [0.25, 0.3) is 0 Å². The molecule has 2 aromatic rings. The van der Waals surface area contributed by atoms with E-state index in [1.165, 1.54) is 16.8 Å². The first-order valence-corrected chi connectivity index (χ1v) is 6.16. The van der Waals surface area contributed by atoms with E-state index in [2.05, 4.69) is 47.2 Å². The fraction of sp³-hybridized carbons (Fsp3) is 0.133. The van der Waals surface area contributed by atoms with Gasteiger partial charge in [0.25, 0.3) is 0 Å². The SMILES string of the molecule is Clc1ccc([N+]2=Cc3ccccc3CC2)cc1. The van der Waals surface area contributed by atoms with Gasteiger partial charge in [0, 0.05) is 29.1 Å². The molecule has 1 heterocycles. The molecule has 0 fully saturated rings. The second kappa shape index (κ2) is 4.34. The van der Waals surface area contributed by atoms with Crippen LogP contribution in [0.4, 0.5) is 5.69 Å². The predicted molar refractivity (Wildman–Crippen MR) is 71.6 cm³/mol. The van der Waals surface area contributed by atoms with Crippen molar-refractivity contribution in [3.8, 4) is 0 Å². The maximum atomic E-state index is 5.90. The van der Waals surface area contributed by atoms with Crippen molar-refractivity contribution in [3.63, 3.8) is 0 Å². The van der Waals surface area contributed by atoms with Crippen molar-refractivity contribution in [3.05, 3.63) is 64.7 Å². The van der Waals surface area contributed by atoms with E-state index in [9.17, 15) is 0 Å². The van der Waals surface area contributed by atoms with Crippen molar-refractivity contribution in [1.82, 2.24) is 0 Å². The van der Waals surface area contributed by atoms with Crippen LogP contribution in [0, 0.1) is 0 Å². The molecule has 0 amide bonds. The second-order valence-corrected chi connectivity index (χ2v) is 4.68. The molecule has 0 bridgehead atoms. The minimum Gasteiger partial charge on any atom is -0.198 e. The zero-order chi connectivity index (χ0) is 11.7. The summed E-state index contributed by atoms with van der Waals surface area (Å²) in [4.78, 5) is 0. The van der Waals surface area contributed by atoms with Gasteiger partial charge in [0.15, 0.2) is 12.8 Å². The molecular formula is C15H13ClN+. The summed E-state index contributed by atoms with van der Waals surface area (Å²) in [6.07, 6.45) is 3.30. The number of hydrogen-bond donors (Lipinski definition) is 0. The Morgan fingerprint density at radius 1 is 0.941 bits per heavy atom. The van der Waals surface area contributed by atoms with E-state index < -0.39 is 0 Å². The van der Waals surface area contributed by atoms with Crippen LogP contribution in [0.2, 0.25) is 5.02 Å². The molecule has 0 atom stereocenters. The van der Waals surface area contributed by atoms with Crippen LogP contribution >= 0.6 is 11.6 Å². The lowest BCUT2D eigenvalue weighted by molar-refractivity contribution is -0.436. The Kier molecular flexibility index (Phi) is 2.69. The van der Waals surface area contributed by atoms with E-state index >= 15 is 0 Å². The lowest BCUT2D eigenvalue weighted by Gasteiger charge is -2.11. The zero-order valence-electron chi connectivity index (χ0n) is 9.44. The topological polar surface area (TPSA) is 3.01 Å². The van der Waals surface area contributed by atoms with Gasteiger partial charge in [-0.05, 0) is 23.8 Å². The van der Waals surface area contributed by atoms with Crippen LogP contribution in [0.3, 0.4) is 0 Å². The highest BCUT2D eigenvalue weighted by molar-refractivity contribution is 6.30. The van der Waals surface area contributed by atoms with E-state index in [0.29, 0.717) is 0 Å². The Morgan fingerprint density at radius 2 is 1.71 bits per heavy atom. The van der Waals surface area contributed by atoms with E-state index in [4.69, 9.17) is 11.6 Å². The molecule has 1 nitrogen and oxygen atoms in total. The number of hydrogen-bond acceptors (Lipinski definition) is 0. The molecular weight excluding hydrogens is 230 g/mol. The van der Waals surface area contributed by atoms with Gasteiger partial charge in [-0.2, -0.15) is 4.58 Å². The first-order valence-electron chi connectivity index (χ1n) is 5.78. The summed E-state index contributed by atoms with van der Waals surface area (Å²) >= 11 is 5.90. The molecule has 3 rings (SSSR count). The predicted octanol–water partition coefficient (Wildman–Crippen LogP) is 3.66. The maximum absolute atomic E-state index is 5.90. The smallest absolute Gasteiger partial charge is 0.198 e. The van der Waals surface area contributed by atoms with Gasteiger partial charge in [0.2, 0.25) is 5.69 Å². The van der Waals surface area contributed by atoms with Crippen LogP contribution in [0.5, 0.6) is 0 Å². The summed E-state index contributed by atoms with van der Waals surface area (Å²) < 4.78 is 2.28. The molecule has 0 radical (unpaired) electrons. The Balaban J connectivity index is 2.01. The average molecular weight is 243 g/mol. The van der Waals surface area contributed by atoms with E-state index in [-0.39, 0.29) is 0 Å². The van der Waals surface area contributed by atoms with Crippen molar-refractivity contribution in [2.24, 2.45) is 0 Å². The number of benzene rings is 2. The Labute approximate surface area is 106 Å². The molecule has 0 unspecified atom stereocenters. The molecule has 2 heteroatoms. The third-order valence-electron chi connectivity index (χ3n) is 3.13. The van der Waals surface area contributed by atoms with Crippen LogP contribution in [0.1, 0.15) is 11.1 Å². The van der Waals surface area contributed by atoms with Crippen molar-refractivity contribution in [2.45, 2.75) is 6.42 Å². The normalized spacial score (nSPS) is 14.1. The summed E-state index contributed by atoms with van der Waals surface area (Å²) in [5, 5.41) is 0.783. The second-order valence-electron chi connectivity index (χ2n) is 4.25. The summed E-state index contributed by atoms with van der Waals surface area (Å²) in [5.74, 6) is 0. The third kappa shape index (κ3) is 2.11. The van der Waals surface area contributed by atoms with Crippen LogP contribution in [-0.4, -0.2) is 17.3 Å². The van der Waals surface area contributed by atoms with E-state index in [0.717, 1.165) is 18.0 Å². The van der Waals surface area contributed by atoms with Gasteiger partial charge < -0.3 is 0 Å². The number of fused-ring (bicyclic) bond motifs is 1. The van der Waals surface area contributed by atoms with Crippen LogP contribution < -0.4 is 0 Å². The van der Waals surface area contributed by atoms with Crippen LogP contribution in [0.15, 0.2) is 48.5 Å². The number of halogens is 1. The summed E-state index contributed by atoms with van der Waals surface area (Å²) in [7, 11) is 0. The van der Waals surface area contributed by atoms with Crippen molar-refractivity contribution >= 4 is 23.5 Å². The molecule has 0 spiro atoms. The quantitative estimate of drug-likeness (QED) is 0.672. The largest absolute Gasteiger partial charge is 0.205 e. The Hall–Kier alpha value is -1.60. The van der Waals surface area contributed by atoms with Gasteiger partial charge >= 0.3 is 0 Å². The molecule has 84 valence electrons. The van der Waals surface area contributed by atoms with Gasteiger partial charge in [-0.1, -0.05) is 29.8 Å². The van der Waals surface area contributed by atoms with Gasteiger partial charge in [-0.15, -0.1) is 0 Å². The monoisotopic (exact) mass is 242 g/mol. The fourth-order valence-corrected chi connectivity index (χ4v) is 2.32. The summed E-state index contributed by atoms with van der Waals surface area (Å²) in [6.45, 7) is 1.03. The van der Waals surface area contributed by atoms with Crippen molar-refractivity contribution < 1.29 is 4.58 Å². The minimum absolute atomic E-state index is 0.783. The lowest BCUT2D eigenvalue weighted by atomic mass is 10.0. The first-order chi connectivity index (χ1) is 8.33. The highest BCUT2D eigenvalue weighted by Crippen LogP contribution is 2.20. The fourth-order valence-electron chi connectivity index (χ4n) is 2.20. The lowest BCUT2D eigenvalue weighted by Crippen LogP contribution is -2.18. The minimum atomic E-state index is 0.783. The molecule has 0 aromatic heterocycles. The molecule has 0 saturated carbocycles. The highest BCUT2D eigenvalue weighted by Gasteiger charge is 2.16. The molecule has 17 heavy (non-hydrogen) atoms.